The van der Waals surface area contributed by atoms with E-state index < -0.39 is 39.6 Å². The number of rotatable bonds is 24. The molecule has 0 aromatic heterocycles. The number of carbonyl (C=O) groups excluding carboxylic acids is 6. The summed E-state index contributed by atoms with van der Waals surface area (Å²) in [7, 11) is -3.89. The van der Waals surface area contributed by atoms with Gasteiger partial charge in [0.2, 0.25) is 0 Å². The molecule has 0 spiro atoms. The predicted octanol–water partition coefficient (Wildman–Crippen LogP) is 27.7. The third-order valence-corrected chi connectivity index (χ3v) is 47.2. The summed E-state index contributed by atoms with van der Waals surface area (Å²) >= 11 is 0. The van der Waals surface area contributed by atoms with Crippen molar-refractivity contribution in [2.45, 2.75) is 338 Å². The third kappa shape index (κ3) is 62.2. The summed E-state index contributed by atoms with van der Waals surface area (Å²) in [6, 6.07) is 0. The maximum atomic E-state index is 7.75. The summed E-state index contributed by atoms with van der Waals surface area (Å²) in [5.41, 5.74) is 19.5. The van der Waals surface area contributed by atoms with Crippen molar-refractivity contribution in [3.8, 4) is 0 Å². The summed E-state index contributed by atoms with van der Waals surface area (Å²) in [6.07, 6.45) is 31.3. The van der Waals surface area contributed by atoms with Gasteiger partial charge >= 0.3 is 68.3 Å². The van der Waals surface area contributed by atoms with Gasteiger partial charge in [-0.25, -0.2) is 0 Å². The second kappa shape index (κ2) is 76.2. The van der Waals surface area contributed by atoms with E-state index in [0.717, 1.165) is 74.1 Å². The molecule has 0 N–H and O–H groups in total. The molecule has 642 valence electrons. The van der Waals surface area contributed by atoms with E-state index in [4.69, 9.17) is 60.8 Å². The molecule has 0 atom stereocenters. The number of allylic oxidation sites excluding steroid dienone is 16. The van der Waals surface area contributed by atoms with Gasteiger partial charge in [0, 0.05) is 97.4 Å². The Balaban J connectivity index is -0.0000000989. The van der Waals surface area contributed by atoms with Gasteiger partial charge in [0.05, 0.1) is 113 Å². The molecule has 0 aliphatic carbocycles. The van der Waals surface area contributed by atoms with Crippen LogP contribution in [0.3, 0.4) is 0 Å². The number of hydrogen-bond acceptors (Lipinski definition) is 8. The Morgan fingerprint density at radius 2 is 0.446 bits per heavy atom. The zero-order valence-corrected chi connectivity index (χ0v) is 89.8. The van der Waals surface area contributed by atoms with Crippen molar-refractivity contribution in [1.82, 2.24) is 0 Å². The third-order valence-electron chi connectivity index (χ3n) is 17.9. The minimum absolute atomic E-state index is 0. The first-order valence-corrected chi connectivity index (χ1v) is 51.9. The van der Waals surface area contributed by atoms with Crippen LogP contribution in [-0.2, 0) is 97.0 Å². The average Bonchev–Trinajstić information content (AvgIpc) is 0.806. The number of hydrogen-bond donors (Lipinski definition) is 0. The molecule has 24 heteroatoms. The molecular weight excluding hydrogens is 1700 g/mol. The first kappa shape index (κ1) is 140. The monoisotopic (exact) mass is 1870 g/mol. The fraction of sp³-hybridized carbons (Fsp3) is 0.636. The molecule has 0 aromatic rings. The van der Waals surface area contributed by atoms with Crippen molar-refractivity contribution >= 4 is 104 Å². The van der Waals surface area contributed by atoms with Gasteiger partial charge in [0.15, 0.2) is 0 Å². The van der Waals surface area contributed by atoms with Crippen LogP contribution in [0.4, 0.5) is 0 Å². The van der Waals surface area contributed by atoms with Crippen molar-refractivity contribution < 1.29 is 97.0 Å². The summed E-state index contributed by atoms with van der Waals surface area (Å²) < 4.78 is 0. The Morgan fingerprint density at radius 1 is 0.286 bits per heavy atom. The standard InChI is InChI=1S/C23H42NP2.3C19H34NP2.6CHO.2CH3.4Mn.N2/c1-20(2,3)25(21(4,5)6)16-18-14-13-15-19(24-18)17-26(22(7,8)9)23(10,11)12;3*1-14(2)21(15(3)4)12-18-10-9-11-19(20-18)13-22(16(5)6)17(7)8;6*1-2;;;;;;;1-2/h13-16H,17H2,1-12H3;3*9-12,14-17H,13H2,1-8H3;6*1H;2*1H3;;;;;/q12*-1;4*+3;/p+8. The molecule has 4 rings (SSSR count). The van der Waals surface area contributed by atoms with Crippen molar-refractivity contribution in [3.05, 3.63) is 178 Å². The van der Waals surface area contributed by atoms with Gasteiger partial charge in [0.25, 0.3) is 0 Å². The molecule has 0 fully saturated rings. The van der Waals surface area contributed by atoms with Gasteiger partial charge in [-0.3, -0.25) is 40.7 Å². The minimum Gasteiger partial charge on any atom is -0.656 e. The van der Waals surface area contributed by atoms with Gasteiger partial charge in [-0.05, 0) is 249 Å². The van der Waals surface area contributed by atoms with E-state index in [9.17, 15) is 0 Å². The number of nitrogens with zero attached hydrogens (tertiary/aromatic N) is 6. The SMILES string of the molecule is CC(C)(C)[PH+](C=C1C=CC=C(C[PH+](C(C)(C)C)C(C)(C)C)[N-]1)C(C)(C)C.CC(C)[PH+](C=C1C=CC=C(C[PH+](C(C)C)C(C)C)[N-]1)C(C)C.CC(C)[PH+](C=C1C=CC=C(C[PH+](C(C)C)C(C)C)[N-]1)C(C)C.CC(C)[PH+](C=C1C=CC=C(C[PH+](C(C)C)C(C)C)[N-]1)C(C)C.N#N.[CH-]=O.[CH-]=O.[CH-]=O.[CH-]=O.[CH-]=O.[CH-]=O.[CH3-].[CH3-].[Mn+3].[Mn+3].[Mn+3].[Mn+3]. The molecule has 4 aliphatic rings. The van der Waals surface area contributed by atoms with Crippen molar-refractivity contribution in [1.29, 1.82) is 10.8 Å². The van der Waals surface area contributed by atoms with E-state index in [1.54, 1.807) is 0 Å². The van der Waals surface area contributed by atoms with Crippen molar-refractivity contribution in [2.24, 2.45) is 0 Å². The van der Waals surface area contributed by atoms with Crippen LogP contribution >= 0.6 is 63.4 Å². The van der Waals surface area contributed by atoms with Crippen LogP contribution < -0.4 is 0 Å². The smallest absolute Gasteiger partial charge is 0.656 e. The summed E-state index contributed by atoms with van der Waals surface area (Å²) in [5.74, 6) is 9.97. The van der Waals surface area contributed by atoms with Gasteiger partial charge in [-0.1, -0.05) is 72.9 Å². The fourth-order valence-electron chi connectivity index (χ4n) is 13.6. The van der Waals surface area contributed by atoms with Crippen LogP contribution in [0.15, 0.2) is 142 Å². The summed E-state index contributed by atoms with van der Waals surface area (Å²) in [6.45, 7) is 105. The molecule has 112 heavy (non-hydrogen) atoms. The van der Waals surface area contributed by atoms with Gasteiger partial charge in [-0.2, -0.15) is 0 Å². The Morgan fingerprint density at radius 3 is 0.589 bits per heavy atom. The normalized spacial score (nSPS) is 14.9. The van der Waals surface area contributed by atoms with E-state index in [0.29, 0.717) is 20.6 Å². The van der Waals surface area contributed by atoms with Crippen LogP contribution in [0.1, 0.15) is 249 Å². The molecule has 0 saturated heterocycles. The average molecular weight is 1870 g/mol. The largest absolute Gasteiger partial charge is 3.00 e. The van der Waals surface area contributed by atoms with Crippen molar-refractivity contribution in [2.75, 3.05) is 24.6 Å². The maximum absolute atomic E-state index is 7.75. The molecular formula is C88H164Mn4N6O6P8+8. The van der Waals surface area contributed by atoms with Crippen LogP contribution in [0.2, 0.25) is 0 Å². The molecule has 4 heterocycles. The van der Waals surface area contributed by atoms with Gasteiger partial charge in [-0.15, -0.1) is 45.6 Å². The molecule has 0 aromatic carbocycles. The van der Waals surface area contributed by atoms with E-state index in [1.165, 1.54) is 64.1 Å². The zero-order chi connectivity index (χ0) is 85.1. The van der Waals surface area contributed by atoms with E-state index in [1.807, 2.05) is 0 Å². The molecule has 0 unspecified atom stereocenters. The quantitative estimate of drug-likeness (QED) is 0.0298. The maximum Gasteiger partial charge on any atom is 3.00 e. The summed E-state index contributed by atoms with van der Waals surface area (Å²) in [5, 5.41) is 33.4. The van der Waals surface area contributed by atoms with E-state index in [2.05, 4.69) is 386 Å². The van der Waals surface area contributed by atoms with Crippen LogP contribution in [0, 0.1) is 25.6 Å². The van der Waals surface area contributed by atoms with Crippen molar-refractivity contribution in [3.63, 3.8) is 0 Å². The summed E-state index contributed by atoms with van der Waals surface area (Å²) in [4.78, 5) is 46.5. The molecule has 4 aliphatic heterocycles. The molecule has 0 bridgehead atoms. The predicted molar refractivity (Wildman–Crippen MR) is 518 cm³/mol. The fourth-order valence-corrected chi connectivity index (χ4v) is 36.9. The zero-order valence-electron chi connectivity index (χ0n) is 77.1. The molecule has 0 saturated carbocycles. The van der Waals surface area contributed by atoms with E-state index in [-0.39, 0.29) is 107 Å². The Hall–Kier alpha value is -0.962. The second-order valence-electron chi connectivity index (χ2n) is 34.5. The van der Waals surface area contributed by atoms with Gasteiger partial charge < -0.3 is 64.9 Å². The minimum atomic E-state index is -0.708. The Labute approximate surface area is 746 Å². The Bertz CT molecular complexity index is 2500. The Kier molecular flexibility index (Phi) is 95.2. The molecule has 0 amide bonds. The van der Waals surface area contributed by atoms with Crippen LogP contribution in [0.5, 0.6) is 0 Å². The van der Waals surface area contributed by atoms with Gasteiger partial charge in [0.1, 0.15) is 0 Å². The van der Waals surface area contributed by atoms with E-state index >= 15 is 0 Å². The molecule has 12 nitrogen and oxygen atoms in total. The molecule has 0 radical (unpaired) electrons. The first-order chi connectivity index (χ1) is 49.1. The van der Waals surface area contributed by atoms with Crippen LogP contribution in [0.25, 0.3) is 21.3 Å². The van der Waals surface area contributed by atoms with Crippen LogP contribution in [-0.4, -0.2) is 154 Å². The topological polar surface area (TPSA) is 206 Å². The first-order valence-electron chi connectivity index (χ1n) is 37.8. The second-order valence-corrected chi connectivity index (χ2v) is 65.1.